The molecule has 0 aromatic heterocycles. The second kappa shape index (κ2) is 7.03. The SMILES string of the molecule is CC(C)CCNC(C#N)Cc1ccccc1. The molecule has 2 nitrogen and oxygen atoms in total. The first-order chi connectivity index (χ1) is 7.72. The molecule has 86 valence electrons. The summed E-state index contributed by atoms with van der Waals surface area (Å²) in [6, 6.07) is 12.4. The normalized spacial score (nSPS) is 12.4. The first-order valence-corrected chi connectivity index (χ1v) is 5.89. The van der Waals surface area contributed by atoms with Crippen LogP contribution in [0.1, 0.15) is 25.8 Å². The van der Waals surface area contributed by atoms with Gasteiger partial charge in [0.1, 0.15) is 0 Å². The summed E-state index contributed by atoms with van der Waals surface area (Å²) >= 11 is 0. The first-order valence-electron chi connectivity index (χ1n) is 5.89. The van der Waals surface area contributed by atoms with Crippen molar-refractivity contribution >= 4 is 0 Å². The van der Waals surface area contributed by atoms with Gasteiger partial charge in [-0.15, -0.1) is 0 Å². The average molecular weight is 216 g/mol. The molecule has 0 heterocycles. The maximum atomic E-state index is 9.04. The zero-order valence-electron chi connectivity index (χ0n) is 10.1. The molecule has 16 heavy (non-hydrogen) atoms. The summed E-state index contributed by atoms with van der Waals surface area (Å²) in [6.45, 7) is 5.31. The lowest BCUT2D eigenvalue weighted by Gasteiger charge is -2.12. The van der Waals surface area contributed by atoms with Crippen molar-refractivity contribution < 1.29 is 0 Å². The Hall–Kier alpha value is -1.33. The minimum Gasteiger partial charge on any atom is -0.302 e. The van der Waals surface area contributed by atoms with Gasteiger partial charge >= 0.3 is 0 Å². The zero-order valence-corrected chi connectivity index (χ0v) is 10.1. The van der Waals surface area contributed by atoms with Gasteiger partial charge in [-0.3, -0.25) is 0 Å². The molecule has 0 amide bonds. The molecule has 1 aromatic carbocycles. The Morgan fingerprint density at radius 3 is 2.50 bits per heavy atom. The van der Waals surface area contributed by atoms with E-state index in [9.17, 15) is 0 Å². The van der Waals surface area contributed by atoms with Crippen molar-refractivity contribution in [1.29, 1.82) is 5.26 Å². The summed E-state index contributed by atoms with van der Waals surface area (Å²) in [6.07, 6.45) is 1.91. The minimum atomic E-state index is -0.0684. The van der Waals surface area contributed by atoms with Crippen LogP contribution < -0.4 is 5.32 Å². The van der Waals surface area contributed by atoms with Crippen molar-refractivity contribution in [3.63, 3.8) is 0 Å². The standard InChI is InChI=1S/C14H20N2/c1-12(2)8-9-16-14(11-15)10-13-6-4-3-5-7-13/h3-7,12,14,16H,8-10H2,1-2H3. The summed E-state index contributed by atoms with van der Waals surface area (Å²) < 4.78 is 0. The molecule has 1 atom stereocenters. The van der Waals surface area contributed by atoms with Gasteiger partial charge in [0.2, 0.25) is 0 Å². The van der Waals surface area contributed by atoms with Gasteiger partial charge < -0.3 is 5.32 Å². The number of hydrogen-bond acceptors (Lipinski definition) is 2. The van der Waals surface area contributed by atoms with E-state index in [0.29, 0.717) is 5.92 Å². The maximum absolute atomic E-state index is 9.04. The highest BCUT2D eigenvalue weighted by atomic mass is 14.9. The van der Waals surface area contributed by atoms with E-state index < -0.39 is 0 Å². The van der Waals surface area contributed by atoms with Crippen LogP contribution in [-0.4, -0.2) is 12.6 Å². The molecule has 0 aliphatic rings. The summed E-state index contributed by atoms with van der Waals surface area (Å²) in [5, 5.41) is 12.3. The molecule has 0 spiro atoms. The molecule has 1 N–H and O–H groups in total. The Morgan fingerprint density at radius 2 is 1.94 bits per heavy atom. The van der Waals surface area contributed by atoms with E-state index in [-0.39, 0.29) is 6.04 Å². The molecule has 0 saturated carbocycles. The van der Waals surface area contributed by atoms with E-state index >= 15 is 0 Å². The Bertz CT molecular complexity index is 324. The Labute approximate surface area is 98.3 Å². The first kappa shape index (κ1) is 12.7. The second-order valence-electron chi connectivity index (χ2n) is 4.51. The van der Waals surface area contributed by atoms with Crippen LogP contribution in [0.4, 0.5) is 0 Å². The highest BCUT2D eigenvalue weighted by Crippen LogP contribution is 2.03. The maximum Gasteiger partial charge on any atom is 0.0993 e. The molecule has 0 aliphatic carbocycles. The van der Waals surface area contributed by atoms with E-state index in [1.54, 1.807) is 0 Å². The molecule has 1 aromatic rings. The molecule has 1 rings (SSSR count). The van der Waals surface area contributed by atoms with Gasteiger partial charge in [0.05, 0.1) is 12.1 Å². The van der Waals surface area contributed by atoms with Gasteiger partial charge in [0, 0.05) is 6.42 Å². The topological polar surface area (TPSA) is 35.8 Å². The van der Waals surface area contributed by atoms with Crippen molar-refractivity contribution in [3.8, 4) is 6.07 Å². The molecule has 0 aliphatic heterocycles. The van der Waals surface area contributed by atoms with Gasteiger partial charge in [-0.05, 0) is 24.4 Å². The van der Waals surface area contributed by atoms with Gasteiger partial charge in [-0.2, -0.15) is 5.26 Å². The number of nitrogens with one attached hydrogen (secondary N) is 1. The number of hydrogen-bond donors (Lipinski definition) is 1. The summed E-state index contributed by atoms with van der Waals surface area (Å²) in [7, 11) is 0. The smallest absolute Gasteiger partial charge is 0.0993 e. The van der Waals surface area contributed by atoms with E-state index in [1.807, 2.05) is 18.2 Å². The van der Waals surface area contributed by atoms with E-state index in [0.717, 1.165) is 19.4 Å². The molecule has 0 radical (unpaired) electrons. The van der Waals surface area contributed by atoms with Crippen LogP contribution in [-0.2, 0) is 6.42 Å². The monoisotopic (exact) mass is 216 g/mol. The van der Waals surface area contributed by atoms with Crippen LogP contribution in [0.5, 0.6) is 0 Å². The highest BCUT2D eigenvalue weighted by molar-refractivity contribution is 5.17. The van der Waals surface area contributed by atoms with Crippen molar-refractivity contribution in [3.05, 3.63) is 35.9 Å². The van der Waals surface area contributed by atoms with E-state index in [1.165, 1.54) is 5.56 Å². The molecule has 0 saturated heterocycles. The number of nitrogens with zero attached hydrogens (tertiary/aromatic N) is 1. The zero-order chi connectivity index (χ0) is 11.8. The highest BCUT2D eigenvalue weighted by Gasteiger charge is 2.07. The third kappa shape index (κ3) is 4.95. The van der Waals surface area contributed by atoms with Crippen LogP contribution in [0.2, 0.25) is 0 Å². The van der Waals surface area contributed by atoms with Crippen molar-refractivity contribution in [2.75, 3.05) is 6.54 Å². The summed E-state index contributed by atoms with van der Waals surface area (Å²) in [5.41, 5.74) is 1.21. The Kier molecular flexibility index (Phi) is 5.60. The van der Waals surface area contributed by atoms with E-state index in [2.05, 4.69) is 37.4 Å². The third-order valence-corrected chi connectivity index (χ3v) is 2.55. The largest absolute Gasteiger partial charge is 0.302 e. The van der Waals surface area contributed by atoms with Crippen LogP contribution >= 0.6 is 0 Å². The predicted octanol–water partition coefficient (Wildman–Crippen LogP) is 2.76. The lowest BCUT2D eigenvalue weighted by Crippen LogP contribution is -2.31. The van der Waals surface area contributed by atoms with Gasteiger partial charge in [-0.1, -0.05) is 44.2 Å². The quantitative estimate of drug-likeness (QED) is 0.793. The average Bonchev–Trinajstić information content (AvgIpc) is 2.28. The fourth-order valence-corrected chi connectivity index (χ4v) is 1.56. The molecular weight excluding hydrogens is 196 g/mol. The van der Waals surface area contributed by atoms with Gasteiger partial charge in [-0.25, -0.2) is 0 Å². The fourth-order valence-electron chi connectivity index (χ4n) is 1.56. The molecule has 1 unspecified atom stereocenters. The van der Waals surface area contributed by atoms with Crippen LogP contribution in [0.15, 0.2) is 30.3 Å². The van der Waals surface area contributed by atoms with Crippen molar-refractivity contribution in [1.82, 2.24) is 5.32 Å². The lowest BCUT2D eigenvalue weighted by atomic mass is 10.1. The summed E-state index contributed by atoms with van der Waals surface area (Å²) in [5.74, 6) is 0.684. The summed E-state index contributed by atoms with van der Waals surface area (Å²) in [4.78, 5) is 0. The van der Waals surface area contributed by atoms with Crippen LogP contribution in [0.3, 0.4) is 0 Å². The van der Waals surface area contributed by atoms with Crippen LogP contribution in [0.25, 0.3) is 0 Å². The van der Waals surface area contributed by atoms with Crippen molar-refractivity contribution in [2.24, 2.45) is 5.92 Å². The molecule has 2 heteroatoms. The Morgan fingerprint density at radius 1 is 1.25 bits per heavy atom. The van der Waals surface area contributed by atoms with Crippen LogP contribution in [0, 0.1) is 17.2 Å². The van der Waals surface area contributed by atoms with E-state index in [4.69, 9.17) is 5.26 Å². The number of rotatable bonds is 6. The minimum absolute atomic E-state index is 0.0684. The fraction of sp³-hybridized carbons (Fsp3) is 0.500. The predicted molar refractivity (Wildman–Crippen MR) is 67.0 cm³/mol. The van der Waals surface area contributed by atoms with Crippen molar-refractivity contribution in [2.45, 2.75) is 32.7 Å². The number of benzene rings is 1. The third-order valence-electron chi connectivity index (χ3n) is 2.55. The van der Waals surface area contributed by atoms with Gasteiger partial charge in [0.25, 0.3) is 0 Å². The second-order valence-corrected chi connectivity index (χ2v) is 4.51. The van der Waals surface area contributed by atoms with Gasteiger partial charge in [0.15, 0.2) is 0 Å². The molecule has 0 bridgehead atoms. The lowest BCUT2D eigenvalue weighted by molar-refractivity contribution is 0.510. The molecular formula is C14H20N2. The molecule has 0 fully saturated rings. The Balaban J connectivity index is 2.36. The number of nitriles is 1.